The molecule has 1 aromatic rings. The van der Waals surface area contributed by atoms with Gasteiger partial charge >= 0.3 is 11.9 Å². The zero-order chi connectivity index (χ0) is 17.5. The number of nitrogens with one attached hydrogen (secondary N) is 1. The third kappa shape index (κ3) is 6.77. The van der Waals surface area contributed by atoms with Crippen molar-refractivity contribution in [1.29, 1.82) is 0 Å². The van der Waals surface area contributed by atoms with E-state index in [-0.39, 0.29) is 25.2 Å². The van der Waals surface area contributed by atoms with Crippen LogP contribution in [0.3, 0.4) is 0 Å². The van der Waals surface area contributed by atoms with Gasteiger partial charge in [0.1, 0.15) is 23.7 Å². The molecule has 0 saturated heterocycles. The zero-order valence-corrected chi connectivity index (χ0v) is 13.4. The van der Waals surface area contributed by atoms with Crippen molar-refractivity contribution in [2.45, 2.75) is 39.2 Å². The molecule has 0 atom stereocenters. The normalized spacial score (nSPS) is 10.7. The molecule has 3 N–H and O–H groups in total. The highest BCUT2D eigenvalue weighted by molar-refractivity contribution is 5.87. The minimum absolute atomic E-state index is 0.0662. The predicted octanol–water partition coefficient (Wildman–Crippen LogP) is 0.590. The molecule has 0 fully saturated rings. The summed E-state index contributed by atoms with van der Waals surface area (Å²) in [4.78, 5) is 36.9. The van der Waals surface area contributed by atoms with Gasteiger partial charge < -0.3 is 20.5 Å². The molecule has 0 saturated carbocycles. The number of nitrogens with zero attached hydrogens (tertiary/aromatic N) is 1. The number of aromatic nitrogens is 1. The van der Waals surface area contributed by atoms with Crippen LogP contribution in [0.15, 0.2) is 12.3 Å². The van der Waals surface area contributed by atoms with Gasteiger partial charge in [0.15, 0.2) is 0 Å². The van der Waals surface area contributed by atoms with Gasteiger partial charge in [0.2, 0.25) is 6.41 Å². The first-order valence-electron chi connectivity index (χ1n) is 7.06. The van der Waals surface area contributed by atoms with Crippen molar-refractivity contribution in [2.75, 3.05) is 12.3 Å². The number of pyridine rings is 1. The molecule has 8 heteroatoms. The van der Waals surface area contributed by atoms with E-state index >= 15 is 0 Å². The highest BCUT2D eigenvalue weighted by Gasteiger charge is 2.18. The van der Waals surface area contributed by atoms with Crippen LogP contribution in [0.25, 0.3) is 0 Å². The summed E-state index contributed by atoms with van der Waals surface area (Å²) in [6.07, 6.45) is 2.02. The van der Waals surface area contributed by atoms with E-state index in [2.05, 4.69) is 15.0 Å². The van der Waals surface area contributed by atoms with E-state index in [0.29, 0.717) is 17.7 Å². The van der Waals surface area contributed by atoms with Crippen molar-refractivity contribution < 1.29 is 23.9 Å². The van der Waals surface area contributed by atoms with Crippen LogP contribution in [0.1, 0.15) is 32.8 Å². The number of amides is 1. The second-order valence-corrected chi connectivity index (χ2v) is 5.73. The number of esters is 2. The van der Waals surface area contributed by atoms with Gasteiger partial charge in [0, 0.05) is 11.8 Å². The molecule has 126 valence electrons. The Labute approximate surface area is 134 Å². The fourth-order valence-electron chi connectivity index (χ4n) is 1.73. The molecular weight excluding hydrogens is 302 g/mol. The predicted molar refractivity (Wildman–Crippen MR) is 82.5 cm³/mol. The SMILES string of the molecule is CC(C)(C)Oc1ccnc(N)c1CCC(=O)OC(=O)CNC=O. The minimum atomic E-state index is -0.826. The van der Waals surface area contributed by atoms with Gasteiger partial charge in [-0.2, -0.15) is 0 Å². The molecule has 0 unspecified atom stereocenters. The average Bonchev–Trinajstić information content (AvgIpc) is 2.42. The molecule has 1 aromatic heterocycles. The topological polar surface area (TPSA) is 121 Å². The summed E-state index contributed by atoms with van der Waals surface area (Å²) >= 11 is 0. The van der Waals surface area contributed by atoms with E-state index in [4.69, 9.17) is 10.5 Å². The van der Waals surface area contributed by atoms with Crippen LogP contribution in [0, 0.1) is 0 Å². The molecule has 1 heterocycles. The fourth-order valence-corrected chi connectivity index (χ4v) is 1.73. The molecular formula is C15H21N3O5. The molecule has 8 nitrogen and oxygen atoms in total. The Morgan fingerprint density at radius 1 is 1.35 bits per heavy atom. The van der Waals surface area contributed by atoms with Crippen molar-refractivity contribution >= 4 is 24.2 Å². The summed E-state index contributed by atoms with van der Waals surface area (Å²) in [5.74, 6) is -0.750. The summed E-state index contributed by atoms with van der Waals surface area (Å²) < 4.78 is 10.3. The van der Waals surface area contributed by atoms with Crippen molar-refractivity contribution in [3.8, 4) is 5.75 Å². The Balaban J connectivity index is 2.68. The molecule has 0 radical (unpaired) electrons. The Bertz CT molecular complexity index is 581. The number of nitrogens with two attached hydrogens (primary N) is 1. The summed E-state index contributed by atoms with van der Waals surface area (Å²) in [6.45, 7) is 5.31. The molecule has 0 spiro atoms. The molecule has 1 amide bonds. The van der Waals surface area contributed by atoms with Crippen molar-refractivity contribution in [3.63, 3.8) is 0 Å². The maximum atomic E-state index is 11.6. The number of rotatable bonds is 7. The van der Waals surface area contributed by atoms with Crippen LogP contribution in [0.4, 0.5) is 5.82 Å². The van der Waals surface area contributed by atoms with Crippen LogP contribution >= 0.6 is 0 Å². The van der Waals surface area contributed by atoms with Crippen LogP contribution < -0.4 is 15.8 Å². The van der Waals surface area contributed by atoms with E-state index in [1.165, 1.54) is 6.20 Å². The van der Waals surface area contributed by atoms with Crippen LogP contribution in [0.5, 0.6) is 5.75 Å². The molecule has 0 aliphatic carbocycles. The zero-order valence-electron chi connectivity index (χ0n) is 13.4. The molecule has 0 aliphatic heterocycles. The summed E-state index contributed by atoms with van der Waals surface area (Å²) in [7, 11) is 0. The van der Waals surface area contributed by atoms with E-state index in [1.807, 2.05) is 20.8 Å². The summed E-state index contributed by atoms with van der Waals surface area (Å²) in [5.41, 5.74) is 5.98. The van der Waals surface area contributed by atoms with Gasteiger partial charge in [0.25, 0.3) is 0 Å². The molecule has 0 bridgehead atoms. The number of anilines is 1. The first-order chi connectivity index (χ1) is 10.7. The number of hydrogen-bond donors (Lipinski definition) is 2. The number of nitrogen functional groups attached to an aromatic ring is 1. The quantitative estimate of drug-likeness (QED) is 0.428. The second-order valence-electron chi connectivity index (χ2n) is 5.73. The van der Waals surface area contributed by atoms with Gasteiger partial charge in [-0.15, -0.1) is 0 Å². The van der Waals surface area contributed by atoms with Crippen molar-refractivity contribution in [2.24, 2.45) is 0 Å². The Kier molecular flexibility index (Phi) is 6.49. The first-order valence-corrected chi connectivity index (χ1v) is 7.06. The molecule has 1 rings (SSSR count). The second kappa shape index (κ2) is 8.11. The van der Waals surface area contributed by atoms with Crippen LogP contribution in [-0.4, -0.2) is 35.5 Å². The Morgan fingerprint density at radius 2 is 2.04 bits per heavy atom. The number of carbonyl (C=O) groups is 3. The lowest BCUT2D eigenvalue weighted by Crippen LogP contribution is -2.26. The maximum Gasteiger partial charge on any atom is 0.333 e. The summed E-state index contributed by atoms with van der Waals surface area (Å²) in [6, 6.07) is 1.67. The lowest BCUT2D eigenvalue weighted by Gasteiger charge is -2.23. The highest BCUT2D eigenvalue weighted by Crippen LogP contribution is 2.27. The molecule has 23 heavy (non-hydrogen) atoms. The fraction of sp³-hybridized carbons (Fsp3) is 0.467. The lowest BCUT2D eigenvalue weighted by atomic mass is 10.1. The number of hydrogen-bond acceptors (Lipinski definition) is 7. The van der Waals surface area contributed by atoms with Crippen molar-refractivity contribution in [3.05, 3.63) is 17.8 Å². The average molecular weight is 323 g/mol. The van der Waals surface area contributed by atoms with E-state index < -0.39 is 17.5 Å². The highest BCUT2D eigenvalue weighted by atomic mass is 16.6. The minimum Gasteiger partial charge on any atom is -0.488 e. The van der Waals surface area contributed by atoms with E-state index in [1.54, 1.807) is 6.07 Å². The number of ether oxygens (including phenoxy) is 2. The van der Waals surface area contributed by atoms with Crippen LogP contribution in [-0.2, 0) is 25.5 Å². The third-order valence-electron chi connectivity index (χ3n) is 2.60. The summed E-state index contributed by atoms with van der Waals surface area (Å²) in [5, 5.41) is 2.11. The van der Waals surface area contributed by atoms with Crippen LogP contribution in [0.2, 0.25) is 0 Å². The smallest absolute Gasteiger partial charge is 0.333 e. The van der Waals surface area contributed by atoms with E-state index in [9.17, 15) is 14.4 Å². The third-order valence-corrected chi connectivity index (χ3v) is 2.60. The number of carbonyl (C=O) groups excluding carboxylic acids is 3. The molecule has 0 aromatic carbocycles. The lowest BCUT2D eigenvalue weighted by molar-refractivity contribution is -0.159. The Morgan fingerprint density at radius 3 is 2.65 bits per heavy atom. The van der Waals surface area contributed by atoms with Gasteiger partial charge in [-0.3, -0.25) is 9.59 Å². The van der Waals surface area contributed by atoms with Gasteiger partial charge in [-0.05, 0) is 33.3 Å². The first kappa shape index (κ1) is 18.4. The van der Waals surface area contributed by atoms with Crippen molar-refractivity contribution in [1.82, 2.24) is 10.3 Å². The van der Waals surface area contributed by atoms with Gasteiger partial charge in [0.05, 0.1) is 6.42 Å². The van der Waals surface area contributed by atoms with E-state index in [0.717, 1.165) is 0 Å². The molecule has 0 aliphatic rings. The standard InChI is InChI=1S/C15H21N3O5/c1-15(2,3)23-11-6-7-18-14(16)10(11)4-5-12(20)22-13(21)8-17-9-19/h6-7,9H,4-5,8H2,1-3H3,(H2,16,18)(H,17,19). The largest absolute Gasteiger partial charge is 0.488 e. The Hall–Kier alpha value is -2.64. The monoisotopic (exact) mass is 323 g/mol. The van der Waals surface area contributed by atoms with Gasteiger partial charge in [-0.1, -0.05) is 0 Å². The maximum absolute atomic E-state index is 11.6. The van der Waals surface area contributed by atoms with Gasteiger partial charge in [-0.25, -0.2) is 9.78 Å².